The van der Waals surface area contributed by atoms with Crippen LogP contribution in [0.15, 0.2) is 23.8 Å². The van der Waals surface area contributed by atoms with E-state index in [0.29, 0.717) is 0 Å². The lowest BCUT2D eigenvalue weighted by Gasteiger charge is -1.92. The third-order valence-corrected chi connectivity index (χ3v) is 3.68. The van der Waals surface area contributed by atoms with E-state index in [9.17, 15) is 0 Å². The van der Waals surface area contributed by atoms with Crippen LogP contribution >= 0.6 is 11.3 Å². The molecule has 2 aliphatic carbocycles. The summed E-state index contributed by atoms with van der Waals surface area (Å²) in [6.07, 6.45) is 6.97. The molecule has 0 aromatic carbocycles. The van der Waals surface area contributed by atoms with Crippen LogP contribution in [0.4, 0.5) is 0 Å². The van der Waals surface area contributed by atoms with Crippen molar-refractivity contribution in [3.8, 4) is 0 Å². The maximum atomic E-state index is 2.33. The summed E-state index contributed by atoms with van der Waals surface area (Å²) in [5, 5.41) is 0. The minimum Gasteiger partial charge on any atom is -0.145 e. The van der Waals surface area contributed by atoms with Gasteiger partial charge >= 0.3 is 0 Å². The predicted octanol–water partition coefficient (Wildman–Crippen LogP) is 3.33. The SMILES string of the molecule is Cc1cc2c(s1)CC1=C2C=CC1. The standard InChI is InChI=1S/C11H10S/c1-7-5-10-9-4-2-3-8(9)6-11(10)12-7/h2,4-5H,3,6H2,1H3. The molecule has 0 fully saturated rings. The molecule has 1 heterocycles. The quantitative estimate of drug-likeness (QED) is 0.566. The van der Waals surface area contributed by atoms with Crippen LogP contribution in [0.3, 0.4) is 0 Å². The average Bonchev–Trinajstić information content (AvgIpc) is 2.59. The van der Waals surface area contributed by atoms with Gasteiger partial charge in [0.2, 0.25) is 0 Å². The predicted molar refractivity (Wildman–Crippen MR) is 53.4 cm³/mol. The molecule has 0 spiro atoms. The van der Waals surface area contributed by atoms with Crippen LogP contribution in [0.5, 0.6) is 0 Å². The van der Waals surface area contributed by atoms with Crippen molar-refractivity contribution >= 4 is 16.9 Å². The zero-order chi connectivity index (χ0) is 8.13. The highest BCUT2D eigenvalue weighted by atomic mass is 32.1. The Morgan fingerprint density at radius 3 is 3.25 bits per heavy atom. The van der Waals surface area contributed by atoms with Crippen LogP contribution in [-0.2, 0) is 6.42 Å². The monoisotopic (exact) mass is 174 g/mol. The van der Waals surface area contributed by atoms with Gasteiger partial charge in [0.05, 0.1) is 0 Å². The molecule has 0 saturated carbocycles. The first kappa shape index (κ1) is 6.67. The molecule has 12 heavy (non-hydrogen) atoms. The third kappa shape index (κ3) is 0.721. The first-order chi connectivity index (χ1) is 5.84. The molecule has 0 saturated heterocycles. The summed E-state index contributed by atoms with van der Waals surface area (Å²) in [5.74, 6) is 0. The minimum absolute atomic E-state index is 1.19. The van der Waals surface area contributed by atoms with E-state index >= 15 is 0 Å². The lowest BCUT2D eigenvalue weighted by Crippen LogP contribution is -1.77. The lowest BCUT2D eigenvalue weighted by atomic mass is 10.1. The van der Waals surface area contributed by atoms with Crippen molar-refractivity contribution in [3.63, 3.8) is 0 Å². The topological polar surface area (TPSA) is 0 Å². The molecule has 1 heteroatoms. The number of thiophene rings is 1. The van der Waals surface area contributed by atoms with Gasteiger partial charge in [-0.05, 0) is 30.5 Å². The van der Waals surface area contributed by atoms with Gasteiger partial charge < -0.3 is 0 Å². The summed E-state index contributed by atoms with van der Waals surface area (Å²) in [5.41, 5.74) is 4.67. The summed E-state index contributed by atoms with van der Waals surface area (Å²) >= 11 is 1.96. The van der Waals surface area contributed by atoms with Gasteiger partial charge in [-0.15, -0.1) is 11.3 Å². The Balaban J connectivity index is 2.23. The molecule has 0 bridgehead atoms. The average molecular weight is 174 g/mol. The van der Waals surface area contributed by atoms with Crippen molar-refractivity contribution in [2.45, 2.75) is 19.8 Å². The smallest absolute Gasteiger partial charge is 0.0167 e. The zero-order valence-electron chi connectivity index (χ0n) is 7.05. The van der Waals surface area contributed by atoms with Crippen LogP contribution in [0.2, 0.25) is 0 Å². The molecular formula is C11H10S. The van der Waals surface area contributed by atoms with Crippen molar-refractivity contribution in [2.24, 2.45) is 0 Å². The van der Waals surface area contributed by atoms with E-state index in [4.69, 9.17) is 0 Å². The molecule has 3 rings (SSSR count). The van der Waals surface area contributed by atoms with Crippen molar-refractivity contribution in [2.75, 3.05) is 0 Å². The molecule has 0 nitrogen and oxygen atoms in total. The minimum atomic E-state index is 1.19. The van der Waals surface area contributed by atoms with Crippen LogP contribution in [0.1, 0.15) is 21.7 Å². The van der Waals surface area contributed by atoms with Crippen molar-refractivity contribution in [3.05, 3.63) is 39.1 Å². The molecule has 0 atom stereocenters. The maximum absolute atomic E-state index is 2.33. The highest BCUT2D eigenvalue weighted by Gasteiger charge is 2.23. The van der Waals surface area contributed by atoms with Crippen molar-refractivity contribution < 1.29 is 0 Å². The van der Waals surface area contributed by atoms with Gasteiger partial charge in [0.25, 0.3) is 0 Å². The lowest BCUT2D eigenvalue weighted by molar-refractivity contribution is 1.14. The van der Waals surface area contributed by atoms with E-state index in [1.807, 2.05) is 11.3 Å². The Hall–Kier alpha value is -0.820. The summed E-state index contributed by atoms with van der Waals surface area (Å²) in [6.45, 7) is 2.20. The van der Waals surface area contributed by atoms with Crippen molar-refractivity contribution in [1.29, 1.82) is 0 Å². The van der Waals surface area contributed by atoms with Crippen LogP contribution < -0.4 is 0 Å². The first-order valence-electron chi connectivity index (χ1n) is 4.33. The van der Waals surface area contributed by atoms with Gasteiger partial charge in [0, 0.05) is 16.2 Å². The van der Waals surface area contributed by atoms with Crippen LogP contribution in [0, 0.1) is 6.92 Å². The van der Waals surface area contributed by atoms with Crippen LogP contribution in [0.25, 0.3) is 5.57 Å². The normalized spacial score (nSPS) is 18.8. The molecule has 1 aromatic rings. The first-order valence-corrected chi connectivity index (χ1v) is 5.14. The molecule has 0 N–H and O–H groups in total. The number of fused-ring (bicyclic) bond motifs is 2. The Morgan fingerprint density at radius 1 is 1.42 bits per heavy atom. The van der Waals surface area contributed by atoms with Gasteiger partial charge in [0.15, 0.2) is 0 Å². The van der Waals surface area contributed by atoms with E-state index in [1.165, 1.54) is 28.9 Å². The van der Waals surface area contributed by atoms with Crippen molar-refractivity contribution in [1.82, 2.24) is 0 Å². The van der Waals surface area contributed by atoms with E-state index in [0.717, 1.165) is 0 Å². The fourth-order valence-electron chi connectivity index (χ4n) is 2.11. The van der Waals surface area contributed by atoms with Crippen LogP contribution in [-0.4, -0.2) is 0 Å². The molecule has 0 amide bonds. The second-order valence-corrected chi connectivity index (χ2v) is 4.84. The van der Waals surface area contributed by atoms with E-state index in [2.05, 4.69) is 25.1 Å². The van der Waals surface area contributed by atoms with Gasteiger partial charge in [-0.1, -0.05) is 17.7 Å². The molecular weight excluding hydrogens is 164 g/mol. The van der Waals surface area contributed by atoms with E-state index < -0.39 is 0 Å². The summed E-state index contributed by atoms with van der Waals surface area (Å²) in [7, 11) is 0. The summed E-state index contributed by atoms with van der Waals surface area (Å²) in [4.78, 5) is 3.04. The zero-order valence-corrected chi connectivity index (χ0v) is 7.87. The highest BCUT2D eigenvalue weighted by molar-refractivity contribution is 7.12. The van der Waals surface area contributed by atoms with Gasteiger partial charge in [-0.25, -0.2) is 0 Å². The number of hydrogen-bond donors (Lipinski definition) is 0. The van der Waals surface area contributed by atoms with Gasteiger partial charge in [-0.3, -0.25) is 0 Å². The highest BCUT2D eigenvalue weighted by Crippen LogP contribution is 2.42. The Kier molecular flexibility index (Phi) is 1.17. The Bertz CT molecular complexity index is 405. The fourth-order valence-corrected chi connectivity index (χ4v) is 3.20. The van der Waals surface area contributed by atoms with E-state index in [-0.39, 0.29) is 0 Å². The number of rotatable bonds is 0. The fraction of sp³-hybridized carbons (Fsp3) is 0.273. The van der Waals surface area contributed by atoms with E-state index in [1.54, 1.807) is 10.5 Å². The summed E-state index contributed by atoms with van der Waals surface area (Å²) < 4.78 is 0. The second kappa shape index (κ2) is 2.11. The summed E-state index contributed by atoms with van der Waals surface area (Å²) in [6, 6.07) is 2.33. The largest absolute Gasteiger partial charge is 0.145 e. The second-order valence-electron chi connectivity index (χ2n) is 3.49. The number of aryl methyl sites for hydroxylation is 1. The molecule has 2 aliphatic rings. The Morgan fingerprint density at radius 2 is 2.33 bits per heavy atom. The molecule has 1 aromatic heterocycles. The number of allylic oxidation sites excluding steroid dienone is 4. The van der Waals surface area contributed by atoms with Gasteiger partial charge in [-0.2, -0.15) is 0 Å². The maximum Gasteiger partial charge on any atom is 0.0167 e. The molecule has 0 radical (unpaired) electrons. The molecule has 0 aliphatic heterocycles. The Labute approximate surface area is 76.2 Å². The van der Waals surface area contributed by atoms with Gasteiger partial charge in [0.1, 0.15) is 0 Å². The molecule has 60 valence electrons. The third-order valence-electron chi connectivity index (χ3n) is 2.63. The molecule has 0 unspecified atom stereocenters. The number of hydrogen-bond acceptors (Lipinski definition) is 1.